The van der Waals surface area contributed by atoms with Crippen molar-refractivity contribution >= 4 is 121 Å². The molecule has 16 aromatic carbocycles. The molecule has 0 spiro atoms. The van der Waals surface area contributed by atoms with E-state index in [-0.39, 0.29) is 10.8 Å². The van der Waals surface area contributed by atoms with Crippen molar-refractivity contribution in [1.82, 2.24) is 0 Å². The second kappa shape index (κ2) is 23.3. The number of benzene rings is 16. The Morgan fingerprint density at radius 2 is 0.514 bits per heavy atom. The van der Waals surface area contributed by atoms with Gasteiger partial charge in [0, 0.05) is 78.6 Å². The summed E-state index contributed by atoms with van der Waals surface area (Å²) in [5.41, 5.74) is 27.1. The first-order chi connectivity index (χ1) is 52.3. The molecular formula is C102H74N2O3. The summed E-state index contributed by atoms with van der Waals surface area (Å²) in [5, 5.41) is 10.9. The van der Waals surface area contributed by atoms with Gasteiger partial charge in [-0.25, -0.2) is 0 Å². The minimum absolute atomic E-state index is 0.0300. The van der Waals surface area contributed by atoms with Crippen LogP contribution in [0.25, 0.3) is 110 Å². The first-order valence-corrected chi connectivity index (χ1v) is 37.3. The average Bonchev–Trinajstić information content (AvgIpc) is 1.54. The lowest BCUT2D eigenvalue weighted by atomic mass is 9.67. The fraction of sp³-hybridized carbons (Fsp3) is 0.0980. The summed E-state index contributed by atoms with van der Waals surface area (Å²) >= 11 is 0. The first kappa shape index (κ1) is 62.6. The van der Waals surface area contributed by atoms with Gasteiger partial charge < -0.3 is 23.1 Å². The molecule has 0 radical (unpaired) electrons. The minimum Gasteiger partial charge on any atom is -0.456 e. The van der Waals surface area contributed by atoms with Crippen LogP contribution in [0.4, 0.5) is 34.1 Å². The van der Waals surface area contributed by atoms with Gasteiger partial charge in [-0.2, -0.15) is 0 Å². The Balaban J connectivity index is 0.689. The van der Waals surface area contributed by atoms with Gasteiger partial charge in [-0.15, -0.1) is 0 Å². The van der Waals surface area contributed by atoms with E-state index in [2.05, 4.69) is 391 Å². The number of nitrogens with zero attached hydrogens (tertiary/aromatic N) is 2. The van der Waals surface area contributed by atoms with Crippen LogP contribution in [0, 0.1) is 0 Å². The number of fused-ring (bicyclic) bond motifs is 19. The van der Waals surface area contributed by atoms with Crippen LogP contribution in [0.1, 0.15) is 97.2 Å². The predicted octanol–water partition coefficient (Wildman–Crippen LogP) is 28.0. The van der Waals surface area contributed by atoms with E-state index in [1.165, 1.54) is 99.4 Å². The van der Waals surface area contributed by atoms with Crippen LogP contribution >= 0.6 is 0 Å². The molecule has 21 rings (SSSR count). The molecule has 0 fully saturated rings. The Hall–Kier alpha value is -13.0. The molecule has 5 nitrogen and oxygen atoms in total. The van der Waals surface area contributed by atoms with Gasteiger partial charge in [0.1, 0.15) is 33.5 Å². The second-order valence-corrected chi connectivity index (χ2v) is 31.5. The average molecular weight is 1380 g/mol. The molecule has 0 amide bonds. The van der Waals surface area contributed by atoms with Crippen LogP contribution in [0.3, 0.4) is 0 Å². The summed E-state index contributed by atoms with van der Waals surface area (Å²) in [6.45, 7) is 13.6. The van der Waals surface area contributed by atoms with Crippen LogP contribution in [0.15, 0.2) is 353 Å². The van der Waals surface area contributed by atoms with Gasteiger partial charge in [0.15, 0.2) is 0 Å². The molecule has 2 aliphatic rings. The van der Waals surface area contributed by atoms with Gasteiger partial charge in [-0.3, -0.25) is 0 Å². The molecule has 0 N–H and O–H groups in total. The van der Waals surface area contributed by atoms with Crippen molar-refractivity contribution in [2.75, 3.05) is 9.80 Å². The monoisotopic (exact) mass is 1370 g/mol. The number of rotatable bonds is 10. The Morgan fingerprint density at radius 3 is 0.860 bits per heavy atom. The SMILES string of the molecule is CC(C)(C)c1ccc(N(c2ccc3c(c2)C(c2ccccc2)(c2ccccc2)c2ccc4ccccc4c2-3)c2ccc3c(c2)oc2cc4c(cc23)oc2cc3c(cc24)oc2cc(N(c4ccc(C(C)(C)C)cc4)c4ccc5c(c4)C(c4ccccc4)(c4ccccc4)c4ccc6ccccc6c4-5)ccc23)cc1. The molecular weight excluding hydrogens is 1300 g/mol. The smallest absolute Gasteiger partial charge is 0.137 e. The Labute approximate surface area is 621 Å². The van der Waals surface area contributed by atoms with E-state index in [1.54, 1.807) is 0 Å². The summed E-state index contributed by atoms with van der Waals surface area (Å²) < 4.78 is 21.1. The molecule has 5 heteroatoms. The summed E-state index contributed by atoms with van der Waals surface area (Å²) in [7, 11) is 0. The third-order valence-corrected chi connectivity index (χ3v) is 23.5. The van der Waals surface area contributed by atoms with Gasteiger partial charge in [-0.1, -0.05) is 272 Å². The molecule has 0 saturated carbocycles. The fourth-order valence-corrected chi connectivity index (χ4v) is 18.5. The van der Waals surface area contributed by atoms with Crippen LogP contribution in [-0.4, -0.2) is 0 Å². The Kier molecular flexibility index (Phi) is 13.6. The molecule has 0 atom stereocenters. The lowest BCUT2D eigenvalue weighted by Gasteiger charge is -2.35. The highest BCUT2D eigenvalue weighted by atomic mass is 16.3. The van der Waals surface area contributed by atoms with E-state index in [0.29, 0.717) is 0 Å². The lowest BCUT2D eigenvalue weighted by Crippen LogP contribution is -2.28. The molecule has 2 aliphatic carbocycles. The lowest BCUT2D eigenvalue weighted by molar-refractivity contribution is 0.590. The number of hydrogen-bond donors (Lipinski definition) is 0. The standard InChI is InChI=1S/C102H74N2O3/c1-99(2,3)65-37-41-71(42-38-65)103(73-47-51-81-89(55-73)101(67-25-11-7-12-26-67,68-27-13-8-14-28-68)87-53-35-63-23-19-21-33-77(63)97(81)87)75-45-49-79-83-59-95-85(61-93(83)105-91(79)57-75)86-62-94-84(60-96(86)107-95)80-50-46-76(58-92(80)106-94)104(72-43-39-66(40-44-72)100(4,5)6)74-48-52-82-90(56-74)102(69-29-15-9-16-30-69,70-31-17-10-18-32-70)88-54-36-64-24-20-22-34-78(64)98(82)88/h7-62H,1-6H3. The first-order valence-electron chi connectivity index (χ1n) is 37.3. The largest absolute Gasteiger partial charge is 0.456 e. The highest BCUT2D eigenvalue weighted by Gasteiger charge is 2.49. The second-order valence-electron chi connectivity index (χ2n) is 31.5. The Morgan fingerprint density at radius 1 is 0.224 bits per heavy atom. The summed E-state index contributed by atoms with van der Waals surface area (Å²) in [4.78, 5) is 4.80. The van der Waals surface area contributed by atoms with Crippen LogP contribution in [-0.2, 0) is 21.7 Å². The molecule has 0 unspecified atom stereocenters. The van der Waals surface area contributed by atoms with E-state index in [1.807, 2.05) is 0 Å². The van der Waals surface area contributed by atoms with Gasteiger partial charge >= 0.3 is 0 Å². The number of furan rings is 3. The van der Waals surface area contributed by atoms with Crippen molar-refractivity contribution in [2.45, 2.75) is 63.2 Å². The molecule has 0 saturated heterocycles. The van der Waals surface area contributed by atoms with Gasteiger partial charge in [0.05, 0.1) is 10.8 Å². The van der Waals surface area contributed by atoms with Crippen molar-refractivity contribution < 1.29 is 13.3 Å². The maximum Gasteiger partial charge on any atom is 0.137 e. The zero-order valence-electron chi connectivity index (χ0n) is 60.5. The number of hydrogen-bond acceptors (Lipinski definition) is 5. The summed E-state index contributed by atoms with van der Waals surface area (Å²) in [6.07, 6.45) is 0. The molecule has 3 aromatic heterocycles. The maximum atomic E-state index is 7.10. The van der Waals surface area contributed by atoms with E-state index in [9.17, 15) is 0 Å². The van der Waals surface area contributed by atoms with E-state index < -0.39 is 10.8 Å². The van der Waals surface area contributed by atoms with Crippen LogP contribution in [0.2, 0.25) is 0 Å². The molecule has 0 aliphatic heterocycles. The third-order valence-electron chi connectivity index (χ3n) is 23.5. The molecule has 0 bridgehead atoms. The zero-order valence-corrected chi connectivity index (χ0v) is 60.5. The van der Waals surface area contributed by atoms with Gasteiger partial charge in [-0.05, 0) is 207 Å². The highest BCUT2D eigenvalue weighted by molar-refractivity contribution is 6.19. The highest BCUT2D eigenvalue weighted by Crippen LogP contribution is 2.61. The molecule has 3 heterocycles. The predicted molar refractivity (Wildman–Crippen MR) is 445 cm³/mol. The van der Waals surface area contributed by atoms with E-state index >= 15 is 0 Å². The van der Waals surface area contributed by atoms with Gasteiger partial charge in [0.2, 0.25) is 0 Å². The van der Waals surface area contributed by atoms with E-state index in [4.69, 9.17) is 13.3 Å². The minimum atomic E-state index is -0.614. The van der Waals surface area contributed by atoms with Gasteiger partial charge in [0.25, 0.3) is 0 Å². The topological polar surface area (TPSA) is 45.9 Å². The van der Waals surface area contributed by atoms with Crippen molar-refractivity contribution in [3.8, 4) is 22.3 Å². The van der Waals surface area contributed by atoms with Crippen LogP contribution < -0.4 is 9.80 Å². The van der Waals surface area contributed by atoms with Crippen molar-refractivity contribution in [3.63, 3.8) is 0 Å². The van der Waals surface area contributed by atoms with Crippen molar-refractivity contribution in [1.29, 1.82) is 0 Å². The number of anilines is 6. The molecule has 19 aromatic rings. The fourth-order valence-electron chi connectivity index (χ4n) is 18.5. The van der Waals surface area contributed by atoms with Crippen LogP contribution in [0.5, 0.6) is 0 Å². The quantitative estimate of drug-likeness (QED) is 0.137. The normalized spacial score (nSPS) is 13.7. The third kappa shape index (κ3) is 9.36. The van der Waals surface area contributed by atoms with Crippen molar-refractivity contribution in [2.24, 2.45) is 0 Å². The summed E-state index contributed by atoms with van der Waals surface area (Å²) in [6, 6.07) is 126. The molecule has 107 heavy (non-hydrogen) atoms. The maximum absolute atomic E-state index is 7.10. The van der Waals surface area contributed by atoms with Crippen molar-refractivity contribution in [3.05, 3.63) is 395 Å². The zero-order chi connectivity index (χ0) is 71.7. The van der Waals surface area contributed by atoms with E-state index in [0.717, 1.165) is 99.9 Å². The Bertz CT molecular complexity index is 6320. The molecule has 510 valence electrons. The summed E-state index contributed by atoms with van der Waals surface area (Å²) in [5.74, 6) is 0.